The van der Waals surface area contributed by atoms with Gasteiger partial charge in [0.1, 0.15) is 0 Å². The van der Waals surface area contributed by atoms with E-state index in [1.54, 1.807) is 0 Å². The van der Waals surface area contributed by atoms with Crippen molar-refractivity contribution in [2.24, 2.45) is 0 Å². The van der Waals surface area contributed by atoms with E-state index in [0.717, 1.165) is 6.42 Å². The Kier molecular flexibility index (Phi) is 4.82. The van der Waals surface area contributed by atoms with Crippen molar-refractivity contribution in [3.8, 4) is 0 Å². The van der Waals surface area contributed by atoms with Crippen LogP contribution in [0.15, 0.2) is 36.7 Å². The smallest absolute Gasteiger partial charge is 0.0346 e. The fraction of sp³-hybridized carbons (Fsp3) is 0.357. The molecule has 0 fully saturated rings. The molecule has 0 amide bonds. The lowest BCUT2D eigenvalue weighted by Gasteiger charge is -1.99. The van der Waals surface area contributed by atoms with E-state index in [2.05, 4.69) is 44.0 Å². The number of aryl methyl sites for hydroxylation is 1. The van der Waals surface area contributed by atoms with E-state index in [9.17, 15) is 0 Å². The van der Waals surface area contributed by atoms with Gasteiger partial charge in [-0.2, -0.15) is 0 Å². The van der Waals surface area contributed by atoms with Crippen LogP contribution in [0.25, 0.3) is 10.8 Å². The van der Waals surface area contributed by atoms with Gasteiger partial charge >= 0.3 is 0 Å². The number of hydrogen-bond donors (Lipinski definition) is 0. The van der Waals surface area contributed by atoms with Crippen LogP contribution < -0.4 is 0 Å². The van der Waals surface area contributed by atoms with Crippen LogP contribution in [0, 0.1) is 0 Å². The molecule has 1 aromatic heterocycles. The molecule has 1 nitrogen and oxygen atoms in total. The number of hydrogen-bond acceptors (Lipinski definition) is 1. The summed E-state index contributed by atoms with van der Waals surface area (Å²) >= 11 is 0. The zero-order valence-electron chi connectivity index (χ0n) is 9.83. The van der Waals surface area contributed by atoms with Gasteiger partial charge in [-0.15, -0.1) is 0 Å². The Morgan fingerprint density at radius 3 is 2.40 bits per heavy atom. The predicted molar refractivity (Wildman–Crippen MR) is 67.1 cm³/mol. The van der Waals surface area contributed by atoms with E-state index in [1.165, 1.54) is 22.8 Å². The second kappa shape index (κ2) is 6.18. The summed E-state index contributed by atoms with van der Waals surface area (Å²) in [6.07, 6.45) is 6.08. The van der Waals surface area contributed by atoms with Gasteiger partial charge in [0.25, 0.3) is 0 Å². The zero-order valence-corrected chi connectivity index (χ0v) is 9.83. The Labute approximate surface area is 92.2 Å². The normalized spacial score (nSPS) is 9.53. The number of fused-ring (bicyclic) bond motifs is 1. The highest BCUT2D eigenvalue weighted by molar-refractivity contribution is 5.81. The first-order valence-corrected chi connectivity index (χ1v) is 5.64. The molecule has 0 bridgehead atoms. The van der Waals surface area contributed by atoms with Gasteiger partial charge in [0.15, 0.2) is 0 Å². The molecular formula is C14H19N. The third kappa shape index (κ3) is 3.35. The van der Waals surface area contributed by atoms with Crippen LogP contribution in [0.2, 0.25) is 0 Å². The Morgan fingerprint density at radius 2 is 1.73 bits per heavy atom. The predicted octanol–water partition coefficient (Wildman–Crippen LogP) is 4.21. The lowest BCUT2D eigenvalue weighted by molar-refractivity contribution is 1.09. The lowest BCUT2D eigenvalue weighted by Crippen LogP contribution is -1.80. The molecular weight excluding hydrogens is 182 g/mol. The molecule has 0 unspecified atom stereocenters. The Balaban J connectivity index is 0.000000337. The van der Waals surface area contributed by atoms with Gasteiger partial charge in [-0.25, -0.2) is 0 Å². The topological polar surface area (TPSA) is 12.9 Å². The molecule has 2 aromatic rings. The first kappa shape index (κ1) is 11.7. The molecule has 0 saturated heterocycles. The highest BCUT2D eigenvalue weighted by atomic mass is 14.6. The van der Waals surface area contributed by atoms with Gasteiger partial charge in [0.2, 0.25) is 0 Å². The van der Waals surface area contributed by atoms with Crippen LogP contribution in [0.3, 0.4) is 0 Å². The summed E-state index contributed by atoms with van der Waals surface area (Å²) in [7, 11) is 0. The van der Waals surface area contributed by atoms with Gasteiger partial charge in [-0.1, -0.05) is 39.3 Å². The first-order chi connectivity index (χ1) is 7.31. The highest BCUT2D eigenvalue weighted by Crippen LogP contribution is 2.14. The number of pyridine rings is 1. The van der Waals surface area contributed by atoms with Crippen LogP contribution in [0.4, 0.5) is 0 Å². The minimum Gasteiger partial charge on any atom is -0.264 e. The fourth-order valence-corrected chi connectivity index (χ4v) is 1.35. The molecule has 0 spiro atoms. The van der Waals surface area contributed by atoms with Crippen molar-refractivity contribution in [3.05, 3.63) is 42.2 Å². The van der Waals surface area contributed by atoms with Crippen molar-refractivity contribution < 1.29 is 0 Å². The van der Waals surface area contributed by atoms with E-state index in [0.29, 0.717) is 0 Å². The van der Waals surface area contributed by atoms with Gasteiger partial charge in [0, 0.05) is 17.8 Å². The van der Waals surface area contributed by atoms with E-state index < -0.39 is 0 Å². The summed E-state index contributed by atoms with van der Waals surface area (Å²) in [4.78, 5) is 4.09. The van der Waals surface area contributed by atoms with E-state index in [4.69, 9.17) is 0 Å². The molecule has 1 aromatic carbocycles. The van der Waals surface area contributed by atoms with Crippen molar-refractivity contribution in [1.29, 1.82) is 0 Å². The van der Waals surface area contributed by atoms with Crippen LogP contribution in [-0.2, 0) is 6.42 Å². The fourth-order valence-electron chi connectivity index (χ4n) is 1.35. The van der Waals surface area contributed by atoms with Crippen molar-refractivity contribution in [3.63, 3.8) is 0 Å². The lowest BCUT2D eigenvalue weighted by atomic mass is 10.1. The molecule has 1 heterocycles. The zero-order chi connectivity index (χ0) is 11.1. The highest BCUT2D eigenvalue weighted by Gasteiger charge is 1.92. The van der Waals surface area contributed by atoms with Crippen LogP contribution in [0.5, 0.6) is 0 Å². The summed E-state index contributed by atoms with van der Waals surface area (Å²) in [5.74, 6) is 0. The first-order valence-electron chi connectivity index (χ1n) is 5.64. The SMILES string of the molecule is CCC.CCc1ccc2ccncc2c1. The average molecular weight is 201 g/mol. The number of aromatic nitrogens is 1. The quantitative estimate of drug-likeness (QED) is 0.673. The van der Waals surface area contributed by atoms with Crippen molar-refractivity contribution >= 4 is 10.8 Å². The maximum Gasteiger partial charge on any atom is 0.0346 e. The summed E-state index contributed by atoms with van der Waals surface area (Å²) in [6.45, 7) is 6.41. The average Bonchev–Trinajstić information content (AvgIpc) is 2.29. The Hall–Kier alpha value is -1.37. The molecule has 1 heteroatoms. The van der Waals surface area contributed by atoms with Gasteiger partial charge < -0.3 is 0 Å². The Morgan fingerprint density at radius 1 is 1.00 bits per heavy atom. The number of nitrogens with zero attached hydrogens (tertiary/aromatic N) is 1. The van der Waals surface area contributed by atoms with Crippen LogP contribution in [0.1, 0.15) is 32.8 Å². The van der Waals surface area contributed by atoms with Crippen molar-refractivity contribution in [2.75, 3.05) is 0 Å². The van der Waals surface area contributed by atoms with E-state index >= 15 is 0 Å². The largest absolute Gasteiger partial charge is 0.264 e. The maximum absolute atomic E-state index is 4.09. The summed E-state index contributed by atoms with van der Waals surface area (Å²) in [5.41, 5.74) is 1.37. The number of rotatable bonds is 1. The third-order valence-corrected chi connectivity index (χ3v) is 2.11. The summed E-state index contributed by atoms with van der Waals surface area (Å²) in [6, 6.07) is 8.55. The molecule has 0 aliphatic rings. The molecule has 80 valence electrons. The van der Waals surface area contributed by atoms with E-state index in [1.807, 2.05) is 18.5 Å². The minimum absolute atomic E-state index is 1.09. The minimum atomic E-state index is 1.09. The maximum atomic E-state index is 4.09. The van der Waals surface area contributed by atoms with Crippen molar-refractivity contribution in [2.45, 2.75) is 33.6 Å². The molecule has 2 rings (SSSR count). The van der Waals surface area contributed by atoms with Gasteiger partial charge in [-0.05, 0) is 29.5 Å². The molecule has 0 N–H and O–H groups in total. The van der Waals surface area contributed by atoms with Gasteiger partial charge in [0.05, 0.1) is 0 Å². The third-order valence-electron chi connectivity index (χ3n) is 2.11. The second-order valence-electron chi connectivity index (χ2n) is 3.62. The molecule has 15 heavy (non-hydrogen) atoms. The molecule has 0 aliphatic heterocycles. The summed E-state index contributed by atoms with van der Waals surface area (Å²) < 4.78 is 0. The molecule has 0 radical (unpaired) electrons. The van der Waals surface area contributed by atoms with Crippen LogP contribution >= 0.6 is 0 Å². The second-order valence-corrected chi connectivity index (χ2v) is 3.62. The van der Waals surface area contributed by atoms with Crippen LogP contribution in [-0.4, -0.2) is 4.98 Å². The Bertz CT molecular complexity index is 407. The molecule has 0 aliphatic carbocycles. The molecule has 0 atom stereocenters. The van der Waals surface area contributed by atoms with Gasteiger partial charge in [-0.3, -0.25) is 4.98 Å². The summed E-state index contributed by atoms with van der Waals surface area (Å²) in [5, 5.41) is 2.50. The van der Waals surface area contributed by atoms with E-state index in [-0.39, 0.29) is 0 Å². The molecule has 0 saturated carbocycles. The standard InChI is InChI=1S/C11H11N.C3H8/c1-2-9-3-4-10-5-6-12-8-11(10)7-9;1-3-2/h3-8H,2H2,1H3;3H2,1-2H3. The monoisotopic (exact) mass is 201 g/mol. The number of benzene rings is 1. The van der Waals surface area contributed by atoms with Crippen molar-refractivity contribution in [1.82, 2.24) is 4.98 Å².